The van der Waals surface area contributed by atoms with E-state index in [2.05, 4.69) is 10.4 Å². The van der Waals surface area contributed by atoms with E-state index in [-0.39, 0.29) is 40.7 Å². The first kappa shape index (κ1) is 33.2. The Morgan fingerprint density at radius 2 is 1.79 bits per heavy atom. The van der Waals surface area contributed by atoms with E-state index in [0.717, 1.165) is 21.7 Å². The number of hydrogen-bond acceptors (Lipinski definition) is 10. The van der Waals surface area contributed by atoms with Gasteiger partial charge in [0.25, 0.3) is 5.91 Å². The van der Waals surface area contributed by atoms with E-state index in [9.17, 15) is 29.4 Å². The van der Waals surface area contributed by atoms with Crippen LogP contribution in [-0.4, -0.2) is 76.8 Å². The molecular weight excluding hydrogens is 604 g/mol. The van der Waals surface area contributed by atoms with Crippen molar-refractivity contribution in [3.63, 3.8) is 0 Å². The Bertz CT molecular complexity index is 1840. The molecule has 12 heteroatoms. The van der Waals surface area contributed by atoms with Crippen molar-refractivity contribution < 1.29 is 38.9 Å². The topological polar surface area (TPSA) is 158 Å². The van der Waals surface area contributed by atoms with Crippen LogP contribution in [0.4, 0.5) is 11.4 Å². The molecule has 3 N–H and O–H groups in total. The Labute approximate surface area is 273 Å². The lowest BCUT2D eigenvalue weighted by atomic mass is 9.79. The first-order chi connectivity index (χ1) is 22.1. The molecule has 47 heavy (non-hydrogen) atoms. The SMILES string of the molecule is CCN(CCOC(=O)C1(C)CCc2c(C)c(O)c(C)c(C)c2O1)c1ccc(C2=C(O)C(=C3C(=O)N(C)N=C3C)C2=O)c(NC(C)=O)c1. The number of fused-ring (bicyclic) bond motifs is 1. The maximum atomic E-state index is 13.3. The van der Waals surface area contributed by atoms with Crippen molar-refractivity contribution in [2.75, 3.05) is 37.0 Å². The van der Waals surface area contributed by atoms with E-state index in [0.29, 0.717) is 59.9 Å². The van der Waals surface area contributed by atoms with Gasteiger partial charge in [-0.05, 0) is 82.9 Å². The van der Waals surface area contributed by atoms with Crippen molar-refractivity contribution in [1.82, 2.24) is 5.01 Å². The number of aromatic hydroxyl groups is 1. The molecule has 12 nitrogen and oxygen atoms in total. The van der Waals surface area contributed by atoms with Crippen LogP contribution in [0.5, 0.6) is 11.5 Å². The van der Waals surface area contributed by atoms with Crippen LogP contribution in [0, 0.1) is 20.8 Å². The minimum absolute atomic E-state index is 0.00642. The first-order valence-electron chi connectivity index (χ1n) is 15.5. The average molecular weight is 645 g/mol. The second-order valence-corrected chi connectivity index (χ2v) is 12.3. The van der Waals surface area contributed by atoms with E-state index in [1.54, 1.807) is 32.0 Å². The summed E-state index contributed by atoms with van der Waals surface area (Å²) in [6.07, 6.45) is 0.964. The molecule has 2 amide bonds. The van der Waals surface area contributed by atoms with Crippen LogP contribution in [0.15, 0.2) is 40.2 Å². The minimum Gasteiger partial charge on any atom is -0.507 e. The molecule has 5 rings (SSSR count). The van der Waals surface area contributed by atoms with Crippen LogP contribution in [0.2, 0.25) is 0 Å². The fourth-order valence-electron chi connectivity index (χ4n) is 6.31. The summed E-state index contributed by atoms with van der Waals surface area (Å²) in [6, 6.07) is 5.06. The van der Waals surface area contributed by atoms with Crippen LogP contribution in [-0.2, 0) is 30.3 Å². The highest BCUT2D eigenvalue weighted by Crippen LogP contribution is 2.44. The molecule has 2 aromatic carbocycles. The van der Waals surface area contributed by atoms with Gasteiger partial charge in [0.1, 0.15) is 23.9 Å². The molecule has 3 aliphatic rings. The fraction of sp³-hybridized carbons (Fsp3) is 0.400. The smallest absolute Gasteiger partial charge is 0.350 e. The summed E-state index contributed by atoms with van der Waals surface area (Å²) in [7, 11) is 1.47. The van der Waals surface area contributed by atoms with Crippen LogP contribution in [0.25, 0.3) is 5.57 Å². The Morgan fingerprint density at radius 1 is 1.09 bits per heavy atom. The summed E-state index contributed by atoms with van der Waals surface area (Å²) in [5.41, 5.74) is 3.56. The van der Waals surface area contributed by atoms with E-state index in [1.807, 2.05) is 32.6 Å². The number of amides is 2. The molecule has 0 spiro atoms. The van der Waals surface area contributed by atoms with E-state index in [4.69, 9.17) is 9.47 Å². The van der Waals surface area contributed by atoms with Crippen LogP contribution < -0.4 is 15.0 Å². The monoisotopic (exact) mass is 644 g/mol. The second kappa shape index (κ2) is 12.2. The summed E-state index contributed by atoms with van der Waals surface area (Å²) in [5, 5.41) is 29.3. The third kappa shape index (κ3) is 5.61. The first-order valence-corrected chi connectivity index (χ1v) is 15.5. The van der Waals surface area contributed by atoms with Gasteiger partial charge in [0.05, 0.1) is 34.7 Å². The number of esters is 1. The number of benzene rings is 2. The van der Waals surface area contributed by atoms with Gasteiger partial charge in [-0.25, -0.2) is 9.80 Å². The van der Waals surface area contributed by atoms with Gasteiger partial charge in [-0.3, -0.25) is 14.4 Å². The van der Waals surface area contributed by atoms with Gasteiger partial charge in [0.15, 0.2) is 0 Å². The number of allylic oxidation sites excluding steroid dienone is 2. The van der Waals surface area contributed by atoms with E-state index < -0.39 is 23.3 Å². The number of nitrogens with one attached hydrogen (secondary N) is 1. The summed E-state index contributed by atoms with van der Waals surface area (Å²) in [5.74, 6) is -1.34. The van der Waals surface area contributed by atoms with Crippen LogP contribution in [0.1, 0.15) is 61.9 Å². The number of aliphatic hydroxyl groups excluding tert-OH is 1. The van der Waals surface area contributed by atoms with E-state index in [1.165, 1.54) is 14.0 Å². The molecule has 2 aromatic rings. The summed E-state index contributed by atoms with van der Waals surface area (Å²) < 4.78 is 12.0. The Morgan fingerprint density at radius 3 is 2.38 bits per heavy atom. The number of nitrogens with zero attached hydrogens (tertiary/aromatic N) is 3. The lowest BCUT2D eigenvalue weighted by Crippen LogP contribution is -2.46. The van der Waals surface area contributed by atoms with Crippen molar-refractivity contribution in [1.29, 1.82) is 0 Å². The van der Waals surface area contributed by atoms with Gasteiger partial charge < -0.3 is 29.9 Å². The summed E-state index contributed by atoms with van der Waals surface area (Å²) in [6.45, 7) is 13.0. The van der Waals surface area contributed by atoms with Gasteiger partial charge in [0.2, 0.25) is 17.3 Å². The number of hydrazone groups is 1. The van der Waals surface area contributed by atoms with Gasteiger partial charge in [-0.1, -0.05) is 0 Å². The third-order valence-corrected chi connectivity index (χ3v) is 9.22. The number of ether oxygens (including phenoxy) is 2. The number of phenols is 1. The predicted octanol–water partition coefficient (Wildman–Crippen LogP) is 4.43. The summed E-state index contributed by atoms with van der Waals surface area (Å²) in [4.78, 5) is 53.2. The maximum absolute atomic E-state index is 13.3. The number of phenolic OH excluding ortho intramolecular Hbond substituents is 1. The fourth-order valence-corrected chi connectivity index (χ4v) is 6.31. The minimum atomic E-state index is -1.19. The lowest BCUT2D eigenvalue weighted by Gasteiger charge is -2.36. The highest BCUT2D eigenvalue weighted by molar-refractivity contribution is 6.44. The molecular formula is C35H40N4O8. The number of aliphatic hydroxyl groups is 1. The zero-order valence-corrected chi connectivity index (χ0v) is 28.0. The molecule has 1 aliphatic carbocycles. The normalized spacial score (nSPS) is 20.4. The molecule has 0 saturated carbocycles. The predicted molar refractivity (Wildman–Crippen MR) is 177 cm³/mol. The van der Waals surface area contributed by atoms with Gasteiger partial charge in [-0.2, -0.15) is 5.10 Å². The molecule has 1 unspecified atom stereocenters. The van der Waals surface area contributed by atoms with Crippen molar-refractivity contribution in [3.05, 3.63) is 62.9 Å². The number of carbonyl (C=O) groups is 4. The van der Waals surface area contributed by atoms with Crippen molar-refractivity contribution >= 4 is 46.2 Å². The number of carbonyl (C=O) groups excluding carboxylic acids is 4. The molecule has 2 aliphatic heterocycles. The van der Waals surface area contributed by atoms with Crippen LogP contribution in [0.3, 0.4) is 0 Å². The standard InChI is InChI=1S/C35H40N4O8/c1-9-39(14-15-46-34(45)35(7)13-12-23-19(4)29(41)17(2)18(3)32(23)47-35)22-10-11-24(25(16-22)36-21(6)40)27-30(42)28(31(27)43)26-20(5)37-38(8)33(26)44/h10-11,16,41-42H,9,12-15H2,1-8H3,(H,36,40). The summed E-state index contributed by atoms with van der Waals surface area (Å²) >= 11 is 0. The van der Waals surface area contributed by atoms with Crippen molar-refractivity contribution in [2.24, 2.45) is 5.10 Å². The number of Topliss-reactive ketones (excluding diaryl/α,β-unsaturated/α-hetero) is 1. The highest BCUT2D eigenvalue weighted by Gasteiger charge is 2.44. The molecule has 248 valence electrons. The van der Waals surface area contributed by atoms with Crippen molar-refractivity contribution in [2.45, 2.75) is 66.9 Å². The third-order valence-electron chi connectivity index (χ3n) is 9.22. The number of rotatable bonds is 8. The number of anilines is 2. The number of likely N-dealkylation sites (N-methyl/N-ethyl adjacent to an activating group) is 2. The number of ketones is 1. The lowest BCUT2D eigenvalue weighted by molar-refractivity contribution is -0.162. The van der Waals surface area contributed by atoms with Crippen LogP contribution >= 0.6 is 0 Å². The second-order valence-electron chi connectivity index (χ2n) is 12.3. The molecule has 0 fully saturated rings. The zero-order valence-electron chi connectivity index (χ0n) is 28.0. The molecule has 0 saturated heterocycles. The van der Waals surface area contributed by atoms with Gasteiger partial charge in [-0.15, -0.1) is 0 Å². The molecule has 0 radical (unpaired) electrons. The van der Waals surface area contributed by atoms with Gasteiger partial charge >= 0.3 is 5.97 Å². The maximum Gasteiger partial charge on any atom is 0.350 e. The molecule has 2 heterocycles. The highest BCUT2D eigenvalue weighted by atomic mass is 16.6. The Hall–Kier alpha value is -5.13. The quantitative estimate of drug-likeness (QED) is 0.279. The zero-order chi connectivity index (χ0) is 34.5. The average Bonchev–Trinajstić information content (AvgIpc) is 3.27. The number of hydrogen-bond donors (Lipinski definition) is 3. The van der Waals surface area contributed by atoms with Gasteiger partial charge in [0, 0.05) is 43.8 Å². The Kier molecular flexibility index (Phi) is 8.65. The molecule has 0 bridgehead atoms. The largest absolute Gasteiger partial charge is 0.507 e. The molecule has 1 atom stereocenters. The van der Waals surface area contributed by atoms with Crippen molar-refractivity contribution in [3.8, 4) is 11.5 Å². The Balaban J connectivity index is 1.33. The molecule has 0 aromatic heterocycles. The van der Waals surface area contributed by atoms with E-state index >= 15 is 0 Å².